The Bertz CT molecular complexity index is 362. The summed E-state index contributed by atoms with van der Waals surface area (Å²) in [7, 11) is 1.55. The topological polar surface area (TPSA) is 71.0 Å². The average molecular weight is 259 g/mol. The van der Waals surface area contributed by atoms with Gasteiger partial charge in [-0.25, -0.2) is 4.39 Å². The van der Waals surface area contributed by atoms with Crippen LogP contribution >= 0.6 is 0 Å². The molecule has 1 unspecified atom stereocenters. The first kappa shape index (κ1) is 14.7. The molecule has 1 atom stereocenters. The van der Waals surface area contributed by atoms with Crippen molar-refractivity contribution in [1.29, 1.82) is 0 Å². The minimum atomic E-state index is -0.948. The van der Waals surface area contributed by atoms with Gasteiger partial charge in [0.2, 0.25) is 0 Å². The van der Waals surface area contributed by atoms with Crippen molar-refractivity contribution in [3.8, 4) is 5.75 Å². The zero-order valence-corrected chi connectivity index (χ0v) is 10.2. The molecule has 0 heterocycles. The molecule has 1 aromatic carbocycles. The Morgan fingerprint density at radius 1 is 1.39 bits per heavy atom. The predicted molar refractivity (Wildman–Crippen MR) is 65.4 cm³/mol. The largest absolute Gasteiger partial charge is 0.489 e. The number of halogens is 1. The van der Waals surface area contributed by atoms with E-state index in [0.717, 1.165) is 0 Å². The van der Waals surface area contributed by atoms with Crippen molar-refractivity contribution in [2.45, 2.75) is 6.10 Å². The maximum atomic E-state index is 13.6. The summed E-state index contributed by atoms with van der Waals surface area (Å²) in [6, 6.07) is 4.44. The molecule has 0 aliphatic carbocycles. The number of aliphatic hydroxyl groups excluding tert-OH is 2. The third kappa shape index (κ3) is 4.48. The first-order valence-corrected chi connectivity index (χ1v) is 5.62. The van der Waals surface area contributed by atoms with Crippen molar-refractivity contribution >= 4 is 5.69 Å². The van der Waals surface area contributed by atoms with Gasteiger partial charge in [-0.15, -0.1) is 0 Å². The number of nitrogens with one attached hydrogen (secondary N) is 1. The number of methoxy groups -OCH3 is 1. The molecule has 6 heteroatoms. The SMILES string of the molecule is COCCOc1cccc(F)c1NCC(O)CO. The summed E-state index contributed by atoms with van der Waals surface area (Å²) in [4.78, 5) is 0. The molecule has 3 N–H and O–H groups in total. The Kier molecular flexibility index (Phi) is 6.42. The van der Waals surface area contributed by atoms with Crippen molar-refractivity contribution in [3.63, 3.8) is 0 Å². The number of aliphatic hydroxyl groups is 2. The Morgan fingerprint density at radius 3 is 2.83 bits per heavy atom. The van der Waals surface area contributed by atoms with Gasteiger partial charge in [0.15, 0.2) is 0 Å². The lowest BCUT2D eigenvalue weighted by Gasteiger charge is -2.15. The van der Waals surface area contributed by atoms with E-state index in [1.165, 1.54) is 12.1 Å². The summed E-state index contributed by atoms with van der Waals surface area (Å²) in [5.41, 5.74) is 0.168. The van der Waals surface area contributed by atoms with E-state index in [9.17, 15) is 9.50 Å². The molecule has 0 aliphatic rings. The van der Waals surface area contributed by atoms with Crippen LogP contribution < -0.4 is 10.1 Å². The molecule has 0 amide bonds. The van der Waals surface area contributed by atoms with Gasteiger partial charge in [0.25, 0.3) is 0 Å². The summed E-state index contributed by atoms with van der Waals surface area (Å²) in [5.74, 6) is -0.132. The van der Waals surface area contributed by atoms with Gasteiger partial charge in [0.05, 0.1) is 19.3 Å². The van der Waals surface area contributed by atoms with Gasteiger partial charge in [0, 0.05) is 13.7 Å². The lowest BCUT2D eigenvalue weighted by atomic mass is 10.2. The monoisotopic (exact) mass is 259 g/mol. The maximum Gasteiger partial charge on any atom is 0.150 e. The van der Waals surface area contributed by atoms with Crippen LogP contribution in [-0.4, -0.2) is 49.8 Å². The van der Waals surface area contributed by atoms with Crippen LogP contribution in [0.5, 0.6) is 5.75 Å². The highest BCUT2D eigenvalue weighted by Crippen LogP contribution is 2.27. The third-order valence-corrected chi connectivity index (χ3v) is 2.25. The van der Waals surface area contributed by atoms with Crippen LogP contribution in [0.4, 0.5) is 10.1 Å². The Labute approximate surface area is 105 Å². The van der Waals surface area contributed by atoms with Crippen LogP contribution in [-0.2, 0) is 4.74 Å². The van der Waals surface area contributed by atoms with Crippen molar-refractivity contribution in [3.05, 3.63) is 24.0 Å². The number of benzene rings is 1. The van der Waals surface area contributed by atoms with Crippen LogP contribution in [0.2, 0.25) is 0 Å². The molecule has 0 aliphatic heterocycles. The second-order valence-electron chi connectivity index (χ2n) is 3.67. The van der Waals surface area contributed by atoms with Gasteiger partial charge < -0.3 is 25.0 Å². The third-order valence-electron chi connectivity index (χ3n) is 2.25. The van der Waals surface area contributed by atoms with E-state index in [-0.39, 0.29) is 18.8 Å². The predicted octanol–water partition coefficient (Wildman–Crippen LogP) is 0.616. The minimum Gasteiger partial charge on any atom is -0.489 e. The van der Waals surface area contributed by atoms with E-state index in [2.05, 4.69) is 5.32 Å². The van der Waals surface area contributed by atoms with Gasteiger partial charge in [0.1, 0.15) is 23.9 Å². The lowest BCUT2D eigenvalue weighted by Crippen LogP contribution is -2.23. The second kappa shape index (κ2) is 7.86. The highest BCUT2D eigenvalue weighted by Gasteiger charge is 2.11. The number of hydrogen-bond acceptors (Lipinski definition) is 5. The van der Waals surface area contributed by atoms with Gasteiger partial charge in [-0.1, -0.05) is 6.07 Å². The first-order chi connectivity index (χ1) is 8.69. The zero-order chi connectivity index (χ0) is 13.4. The molecule has 0 saturated carbocycles. The second-order valence-corrected chi connectivity index (χ2v) is 3.67. The van der Waals surface area contributed by atoms with Gasteiger partial charge in [-0.3, -0.25) is 0 Å². The summed E-state index contributed by atoms with van der Waals surface area (Å²) in [5, 5.41) is 20.6. The molecule has 0 aromatic heterocycles. The van der Waals surface area contributed by atoms with E-state index < -0.39 is 11.9 Å². The lowest BCUT2D eigenvalue weighted by molar-refractivity contribution is 0.105. The maximum absolute atomic E-state index is 13.6. The number of rotatable bonds is 8. The Hall–Kier alpha value is -1.37. The van der Waals surface area contributed by atoms with Crippen LogP contribution in [0, 0.1) is 5.82 Å². The molecule has 0 bridgehead atoms. The van der Waals surface area contributed by atoms with E-state index in [1.54, 1.807) is 13.2 Å². The molecule has 1 rings (SSSR count). The standard InChI is InChI=1S/C12H18FNO4/c1-17-5-6-18-11-4-2-3-10(13)12(11)14-7-9(16)8-15/h2-4,9,14-16H,5-8H2,1H3. The van der Waals surface area contributed by atoms with Gasteiger partial charge in [-0.2, -0.15) is 0 Å². The molecule has 0 spiro atoms. The van der Waals surface area contributed by atoms with Crippen molar-refractivity contribution in [1.82, 2.24) is 0 Å². The van der Waals surface area contributed by atoms with Crippen molar-refractivity contribution < 1.29 is 24.1 Å². The molecule has 1 aromatic rings. The molecule has 18 heavy (non-hydrogen) atoms. The number of anilines is 1. The fourth-order valence-corrected chi connectivity index (χ4v) is 1.32. The van der Waals surface area contributed by atoms with Crippen LogP contribution in [0.1, 0.15) is 0 Å². The molecule has 102 valence electrons. The summed E-state index contributed by atoms with van der Waals surface area (Å²) >= 11 is 0. The fourth-order valence-electron chi connectivity index (χ4n) is 1.32. The molecule has 0 fully saturated rings. The Morgan fingerprint density at radius 2 is 2.17 bits per heavy atom. The Balaban J connectivity index is 2.67. The summed E-state index contributed by atoms with van der Waals surface area (Å²) in [6.45, 7) is 0.353. The van der Waals surface area contributed by atoms with E-state index in [4.69, 9.17) is 14.6 Å². The van der Waals surface area contributed by atoms with E-state index in [0.29, 0.717) is 19.0 Å². The molecule has 0 saturated heterocycles. The summed E-state index contributed by atoms with van der Waals surface area (Å²) < 4.78 is 23.8. The normalized spacial score (nSPS) is 12.2. The van der Waals surface area contributed by atoms with Crippen LogP contribution in [0.25, 0.3) is 0 Å². The van der Waals surface area contributed by atoms with Crippen molar-refractivity contribution in [2.75, 3.05) is 38.8 Å². The van der Waals surface area contributed by atoms with Gasteiger partial charge in [-0.05, 0) is 12.1 Å². The minimum absolute atomic E-state index is 0.0398. The van der Waals surface area contributed by atoms with Crippen LogP contribution in [0.15, 0.2) is 18.2 Å². The fraction of sp³-hybridized carbons (Fsp3) is 0.500. The van der Waals surface area contributed by atoms with E-state index >= 15 is 0 Å². The molecule has 0 radical (unpaired) electrons. The number of hydrogen-bond donors (Lipinski definition) is 3. The quantitative estimate of drug-likeness (QED) is 0.597. The highest BCUT2D eigenvalue weighted by atomic mass is 19.1. The van der Waals surface area contributed by atoms with Crippen molar-refractivity contribution in [2.24, 2.45) is 0 Å². The smallest absolute Gasteiger partial charge is 0.150 e. The molecular weight excluding hydrogens is 241 g/mol. The van der Waals surface area contributed by atoms with Crippen LogP contribution in [0.3, 0.4) is 0 Å². The summed E-state index contributed by atoms with van der Waals surface area (Å²) in [6.07, 6.45) is -0.948. The number of ether oxygens (including phenoxy) is 2. The first-order valence-electron chi connectivity index (χ1n) is 5.62. The highest BCUT2D eigenvalue weighted by molar-refractivity contribution is 5.57. The zero-order valence-electron chi connectivity index (χ0n) is 10.2. The van der Waals surface area contributed by atoms with E-state index in [1.807, 2.05) is 0 Å². The molecular formula is C12H18FNO4. The average Bonchev–Trinajstić information content (AvgIpc) is 2.38. The van der Waals surface area contributed by atoms with Gasteiger partial charge >= 0.3 is 0 Å². The number of para-hydroxylation sites is 1. The molecule has 5 nitrogen and oxygen atoms in total.